The van der Waals surface area contributed by atoms with Gasteiger partial charge in [0.25, 0.3) is 5.91 Å². The van der Waals surface area contributed by atoms with E-state index in [1.54, 1.807) is 24.3 Å². The molecule has 1 aromatic rings. The summed E-state index contributed by atoms with van der Waals surface area (Å²) in [5, 5.41) is 6.33. The van der Waals surface area contributed by atoms with Gasteiger partial charge in [0.05, 0.1) is 6.61 Å². The minimum Gasteiger partial charge on any atom is -0.484 e. The van der Waals surface area contributed by atoms with Crippen LogP contribution < -0.4 is 15.4 Å². The lowest BCUT2D eigenvalue weighted by Gasteiger charge is -2.35. The second-order valence-electron chi connectivity index (χ2n) is 7.21. The number of ether oxygens (including phenoxy) is 2. The SMILES string of the molecule is CC1(COC(=O)NC2CC(NC(=O)COc3ccc(Cl)cc3)C2)CC1. The molecule has 136 valence electrons. The van der Waals surface area contributed by atoms with Crippen molar-refractivity contribution in [2.45, 2.75) is 44.7 Å². The molecule has 25 heavy (non-hydrogen) atoms. The van der Waals surface area contributed by atoms with Gasteiger partial charge in [-0.2, -0.15) is 0 Å². The monoisotopic (exact) mass is 366 g/mol. The molecule has 7 heteroatoms. The Morgan fingerprint density at radius 1 is 1.16 bits per heavy atom. The van der Waals surface area contributed by atoms with Gasteiger partial charge in [0.2, 0.25) is 0 Å². The summed E-state index contributed by atoms with van der Waals surface area (Å²) in [6.45, 7) is 2.55. The normalized spacial score (nSPS) is 23.1. The first kappa shape index (κ1) is 17.9. The van der Waals surface area contributed by atoms with Crippen molar-refractivity contribution in [2.24, 2.45) is 5.41 Å². The summed E-state index contributed by atoms with van der Waals surface area (Å²) in [6, 6.07) is 6.97. The molecular formula is C18H23ClN2O4. The maximum absolute atomic E-state index is 11.9. The van der Waals surface area contributed by atoms with E-state index in [0.29, 0.717) is 30.2 Å². The third-order valence-electron chi connectivity index (χ3n) is 4.66. The van der Waals surface area contributed by atoms with E-state index in [0.717, 1.165) is 12.8 Å². The summed E-state index contributed by atoms with van der Waals surface area (Å²) in [7, 11) is 0. The van der Waals surface area contributed by atoms with Gasteiger partial charge in [-0.15, -0.1) is 0 Å². The molecule has 1 aromatic carbocycles. The van der Waals surface area contributed by atoms with Crippen molar-refractivity contribution in [2.75, 3.05) is 13.2 Å². The van der Waals surface area contributed by atoms with Gasteiger partial charge in [0.1, 0.15) is 5.75 Å². The van der Waals surface area contributed by atoms with Crippen molar-refractivity contribution in [3.05, 3.63) is 29.3 Å². The van der Waals surface area contributed by atoms with Gasteiger partial charge in [0.15, 0.2) is 6.61 Å². The first-order valence-corrected chi connectivity index (χ1v) is 8.91. The number of hydrogen-bond donors (Lipinski definition) is 2. The van der Waals surface area contributed by atoms with Crippen molar-refractivity contribution >= 4 is 23.6 Å². The minimum absolute atomic E-state index is 0.0448. The molecule has 2 amide bonds. The van der Waals surface area contributed by atoms with Gasteiger partial charge in [-0.1, -0.05) is 18.5 Å². The summed E-state index contributed by atoms with van der Waals surface area (Å²) < 4.78 is 10.6. The fourth-order valence-electron chi connectivity index (χ4n) is 2.61. The quantitative estimate of drug-likeness (QED) is 0.778. The van der Waals surface area contributed by atoms with Gasteiger partial charge < -0.3 is 20.1 Å². The molecule has 0 saturated heterocycles. The average Bonchev–Trinajstić information content (AvgIpc) is 3.28. The smallest absolute Gasteiger partial charge is 0.407 e. The highest BCUT2D eigenvalue weighted by molar-refractivity contribution is 6.30. The first-order valence-electron chi connectivity index (χ1n) is 8.53. The van der Waals surface area contributed by atoms with Gasteiger partial charge >= 0.3 is 6.09 Å². The predicted octanol–water partition coefficient (Wildman–Crippen LogP) is 2.89. The fraction of sp³-hybridized carbons (Fsp3) is 0.556. The van der Waals surface area contributed by atoms with Gasteiger partial charge in [-0.05, 0) is 49.9 Å². The number of nitrogens with one attached hydrogen (secondary N) is 2. The van der Waals surface area contributed by atoms with E-state index >= 15 is 0 Å². The molecule has 0 unspecified atom stereocenters. The van der Waals surface area contributed by atoms with Crippen molar-refractivity contribution in [3.8, 4) is 5.75 Å². The van der Waals surface area contributed by atoms with E-state index in [1.165, 1.54) is 0 Å². The Labute approximate surface area is 152 Å². The number of alkyl carbamates (subject to hydrolysis) is 1. The summed E-state index contributed by atoms with van der Waals surface area (Å²) in [4.78, 5) is 23.5. The molecule has 0 aromatic heterocycles. The molecule has 2 aliphatic carbocycles. The maximum atomic E-state index is 11.9. The number of amides is 2. The zero-order chi connectivity index (χ0) is 17.9. The van der Waals surface area contributed by atoms with E-state index in [1.807, 2.05) is 0 Å². The number of halogens is 1. The topological polar surface area (TPSA) is 76.7 Å². The summed E-state index contributed by atoms with van der Waals surface area (Å²) >= 11 is 5.79. The molecule has 2 aliphatic rings. The summed E-state index contributed by atoms with van der Waals surface area (Å²) in [5.74, 6) is 0.419. The Bertz CT molecular complexity index is 624. The molecule has 0 radical (unpaired) electrons. The second kappa shape index (κ2) is 7.52. The van der Waals surface area contributed by atoms with Crippen molar-refractivity contribution in [3.63, 3.8) is 0 Å². The number of rotatable bonds is 7. The Kier molecular flexibility index (Phi) is 5.37. The molecule has 2 saturated carbocycles. The van der Waals surface area contributed by atoms with Crippen LogP contribution in [0.3, 0.4) is 0 Å². The second-order valence-corrected chi connectivity index (χ2v) is 7.64. The zero-order valence-electron chi connectivity index (χ0n) is 14.2. The summed E-state index contributed by atoms with van der Waals surface area (Å²) in [6.07, 6.45) is 3.29. The number of hydrogen-bond acceptors (Lipinski definition) is 4. The van der Waals surface area contributed by atoms with Crippen molar-refractivity contribution in [1.82, 2.24) is 10.6 Å². The number of carbonyl (C=O) groups excluding carboxylic acids is 2. The van der Waals surface area contributed by atoms with E-state index < -0.39 is 0 Å². The van der Waals surface area contributed by atoms with E-state index in [9.17, 15) is 9.59 Å². The highest BCUT2D eigenvalue weighted by atomic mass is 35.5. The largest absolute Gasteiger partial charge is 0.484 e. The Balaban J connectivity index is 1.27. The lowest BCUT2D eigenvalue weighted by Crippen LogP contribution is -2.54. The zero-order valence-corrected chi connectivity index (χ0v) is 15.0. The summed E-state index contributed by atoms with van der Waals surface area (Å²) in [5.41, 5.74) is 0.192. The molecule has 2 N–H and O–H groups in total. The van der Waals surface area contributed by atoms with Crippen LogP contribution in [0.15, 0.2) is 24.3 Å². The van der Waals surface area contributed by atoms with Gasteiger partial charge in [-0.25, -0.2) is 4.79 Å². The molecule has 2 fully saturated rings. The van der Waals surface area contributed by atoms with Crippen LogP contribution in [0.2, 0.25) is 5.02 Å². The predicted molar refractivity (Wildman–Crippen MR) is 93.7 cm³/mol. The van der Waals surface area contributed by atoms with E-state index in [2.05, 4.69) is 17.6 Å². The molecule has 0 atom stereocenters. The molecule has 0 aliphatic heterocycles. The van der Waals surface area contributed by atoms with Crippen LogP contribution >= 0.6 is 11.6 Å². The molecule has 0 heterocycles. The highest BCUT2D eigenvalue weighted by Gasteiger charge is 2.39. The Morgan fingerprint density at radius 3 is 2.44 bits per heavy atom. The lowest BCUT2D eigenvalue weighted by atomic mass is 9.87. The van der Waals surface area contributed by atoms with Crippen LogP contribution in [0.5, 0.6) is 5.75 Å². The van der Waals surface area contributed by atoms with Crippen LogP contribution in [-0.4, -0.2) is 37.3 Å². The van der Waals surface area contributed by atoms with Crippen LogP contribution in [0.25, 0.3) is 0 Å². The Hall–Kier alpha value is -1.95. The number of benzene rings is 1. The molecule has 0 spiro atoms. The standard InChI is InChI=1S/C18H23ClN2O4/c1-18(6-7-18)11-25-17(23)21-14-8-13(9-14)20-16(22)10-24-15-4-2-12(19)3-5-15/h2-5,13-14H,6-11H2,1H3,(H,20,22)(H,21,23). The molecule has 0 bridgehead atoms. The van der Waals surface area contributed by atoms with Crippen molar-refractivity contribution in [1.29, 1.82) is 0 Å². The number of carbonyl (C=O) groups is 2. The minimum atomic E-state index is -0.367. The average molecular weight is 367 g/mol. The van der Waals surface area contributed by atoms with Crippen LogP contribution in [0.1, 0.15) is 32.6 Å². The molecular weight excluding hydrogens is 344 g/mol. The maximum Gasteiger partial charge on any atom is 0.407 e. The third-order valence-corrected chi connectivity index (χ3v) is 4.92. The Morgan fingerprint density at radius 2 is 1.80 bits per heavy atom. The lowest BCUT2D eigenvalue weighted by molar-refractivity contribution is -0.124. The van der Waals surface area contributed by atoms with Crippen LogP contribution in [0, 0.1) is 5.41 Å². The van der Waals surface area contributed by atoms with Crippen LogP contribution in [0.4, 0.5) is 4.79 Å². The molecule has 6 nitrogen and oxygen atoms in total. The highest BCUT2D eigenvalue weighted by Crippen LogP contribution is 2.44. The van der Waals surface area contributed by atoms with E-state index in [4.69, 9.17) is 21.1 Å². The van der Waals surface area contributed by atoms with Gasteiger partial charge in [-0.3, -0.25) is 4.79 Å². The molecule has 3 rings (SSSR count). The van der Waals surface area contributed by atoms with Crippen LogP contribution in [-0.2, 0) is 9.53 Å². The third kappa shape index (κ3) is 5.53. The van der Waals surface area contributed by atoms with Crippen molar-refractivity contribution < 1.29 is 19.1 Å². The first-order chi connectivity index (χ1) is 11.9. The van der Waals surface area contributed by atoms with Gasteiger partial charge in [0, 0.05) is 22.5 Å². The fourth-order valence-corrected chi connectivity index (χ4v) is 2.73. The van der Waals surface area contributed by atoms with E-state index in [-0.39, 0.29) is 36.1 Å².